The van der Waals surface area contributed by atoms with E-state index >= 15 is 0 Å². The summed E-state index contributed by atoms with van der Waals surface area (Å²) >= 11 is 0. The SMILES string of the molecule is CC(C)(C)OC(=O)CCCCCCCCCCCCCCCCC(=O)NC(CCCCNC(=O)CCOCCOCCNC(=O)CCOCCOCCN)C(=O)OC(C)(C)C. The molecule has 3 amide bonds. The molecule has 15 heteroatoms. The van der Waals surface area contributed by atoms with Crippen LogP contribution in [0.1, 0.15) is 176 Å². The molecular formula is C46H88N4O11. The third kappa shape index (κ3) is 43.6. The summed E-state index contributed by atoms with van der Waals surface area (Å²) in [6.45, 7) is 15.4. The van der Waals surface area contributed by atoms with E-state index in [1.54, 1.807) is 0 Å². The number of hydrogen-bond donors (Lipinski definition) is 4. The molecule has 0 saturated carbocycles. The summed E-state index contributed by atoms with van der Waals surface area (Å²) in [6, 6.07) is -0.726. The van der Waals surface area contributed by atoms with E-state index < -0.39 is 23.2 Å². The van der Waals surface area contributed by atoms with Gasteiger partial charge in [0.1, 0.15) is 17.2 Å². The first-order chi connectivity index (χ1) is 29.1. The van der Waals surface area contributed by atoms with Crippen molar-refractivity contribution >= 4 is 29.7 Å². The zero-order valence-electron chi connectivity index (χ0n) is 39.3. The molecule has 0 bridgehead atoms. The lowest BCUT2D eigenvalue weighted by Gasteiger charge is -2.24. The number of amides is 3. The molecule has 0 spiro atoms. The molecule has 0 aliphatic heterocycles. The normalized spacial score (nSPS) is 12.2. The molecule has 0 saturated heterocycles. The molecule has 0 rings (SSSR count). The van der Waals surface area contributed by atoms with Crippen molar-refractivity contribution in [2.24, 2.45) is 5.73 Å². The first kappa shape index (κ1) is 58.1. The molecule has 1 unspecified atom stereocenters. The average molecular weight is 873 g/mol. The molecule has 0 aromatic carbocycles. The Hall–Kier alpha value is -2.85. The average Bonchev–Trinajstić information content (AvgIpc) is 3.17. The highest BCUT2D eigenvalue weighted by molar-refractivity contribution is 5.84. The van der Waals surface area contributed by atoms with Crippen LogP contribution in [0.3, 0.4) is 0 Å². The third-order valence-electron chi connectivity index (χ3n) is 9.24. The van der Waals surface area contributed by atoms with Gasteiger partial charge in [-0.05, 0) is 73.6 Å². The first-order valence-corrected chi connectivity index (χ1v) is 23.4. The highest BCUT2D eigenvalue weighted by atomic mass is 16.6. The Morgan fingerprint density at radius 1 is 0.443 bits per heavy atom. The van der Waals surface area contributed by atoms with E-state index in [1.807, 2.05) is 41.5 Å². The van der Waals surface area contributed by atoms with E-state index in [0.29, 0.717) is 98.0 Å². The van der Waals surface area contributed by atoms with E-state index in [4.69, 9.17) is 34.2 Å². The van der Waals surface area contributed by atoms with Crippen molar-refractivity contribution in [2.45, 2.75) is 194 Å². The highest BCUT2D eigenvalue weighted by Crippen LogP contribution is 2.16. The summed E-state index contributed by atoms with van der Waals surface area (Å²) in [6.07, 6.45) is 19.1. The Kier molecular flexibility index (Phi) is 37.0. The summed E-state index contributed by atoms with van der Waals surface area (Å²) in [5.74, 6) is -0.903. The number of nitrogens with two attached hydrogens (primary N) is 1. The Bertz CT molecular complexity index is 1130. The van der Waals surface area contributed by atoms with Gasteiger partial charge in [0.15, 0.2) is 0 Å². The molecule has 358 valence electrons. The Labute approximate surface area is 369 Å². The van der Waals surface area contributed by atoms with Crippen molar-refractivity contribution in [2.75, 3.05) is 72.5 Å². The van der Waals surface area contributed by atoms with Crippen LogP contribution in [0.15, 0.2) is 0 Å². The number of ether oxygens (including phenoxy) is 6. The molecule has 0 radical (unpaired) electrons. The van der Waals surface area contributed by atoms with E-state index in [2.05, 4.69) is 16.0 Å². The summed E-state index contributed by atoms with van der Waals surface area (Å²) in [4.78, 5) is 61.5. The molecule has 0 aromatic rings. The van der Waals surface area contributed by atoms with Crippen LogP contribution in [0.5, 0.6) is 0 Å². The number of carbonyl (C=O) groups is 5. The van der Waals surface area contributed by atoms with Gasteiger partial charge in [0.25, 0.3) is 0 Å². The van der Waals surface area contributed by atoms with Crippen LogP contribution < -0.4 is 21.7 Å². The number of esters is 2. The van der Waals surface area contributed by atoms with Crippen molar-refractivity contribution in [3.63, 3.8) is 0 Å². The fourth-order valence-corrected chi connectivity index (χ4v) is 6.15. The highest BCUT2D eigenvalue weighted by Gasteiger charge is 2.26. The minimum atomic E-state index is -0.726. The third-order valence-corrected chi connectivity index (χ3v) is 9.24. The Balaban J connectivity index is 3.93. The lowest BCUT2D eigenvalue weighted by atomic mass is 10.0. The van der Waals surface area contributed by atoms with Crippen LogP contribution in [0.2, 0.25) is 0 Å². The minimum Gasteiger partial charge on any atom is -0.460 e. The Morgan fingerprint density at radius 2 is 0.869 bits per heavy atom. The molecule has 0 aromatic heterocycles. The van der Waals surface area contributed by atoms with Crippen molar-refractivity contribution in [3.05, 3.63) is 0 Å². The van der Waals surface area contributed by atoms with Crippen LogP contribution in [-0.4, -0.2) is 119 Å². The molecule has 5 N–H and O–H groups in total. The van der Waals surface area contributed by atoms with Crippen LogP contribution in [0.25, 0.3) is 0 Å². The van der Waals surface area contributed by atoms with E-state index in [9.17, 15) is 24.0 Å². The van der Waals surface area contributed by atoms with Crippen molar-refractivity contribution in [1.82, 2.24) is 16.0 Å². The number of unbranched alkanes of at least 4 members (excludes halogenated alkanes) is 14. The van der Waals surface area contributed by atoms with Crippen molar-refractivity contribution in [1.29, 1.82) is 0 Å². The van der Waals surface area contributed by atoms with E-state index in [0.717, 1.165) is 32.1 Å². The predicted octanol–water partition coefficient (Wildman–Crippen LogP) is 6.60. The number of hydrogen-bond acceptors (Lipinski definition) is 12. The predicted molar refractivity (Wildman–Crippen MR) is 239 cm³/mol. The van der Waals surface area contributed by atoms with Gasteiger partial charge in [-0.2, -0.15) is 0 Å². The van der Waals surface area contributed by atoms with E-state index in [-0.39, 0.29) is 43.1 Å². The minimum absolute atomic E-state index is 0.0928. The maximum Gasteiger partial charge on any atom is 0.329 e. The lowest BCUT2D eigenvalue weighted by molar-refractivity contribution is -0.159. The fraction of sp³-hybridized carbons (Fsp3) is 0.891. The van der Waals surface area contributed by atoms with Gasteiger partial charge in [0, 0.05) is 45.3 Å². The molecule has 1 atom stereocenters. The monoisotopic (exact) mass is 873 g/mol. The fourth-order valence-electron chi connectivity index (χ4n) is 6.15. The van der Waals surface area contributed by atoms with Crippen LogP contribution >= 0.6 is 0 Å². The van der Waals surface area contributed by atoms with Gasteiger partial charge in [-0.15, -0.1) is 0 Å². The van der Waals surface area contributed by atoms with Gasteiger partial charge in [-0.3, -0.25) is 19.2 Å². The smallest absolute Gasteiger partial charge is 0.329 e. The number of rotatable bonds is 41. The van der Waals surface area contributed by atoms with Crippen LogP contribution in [-0.2, 0) is 52.4 Å². The van der Waals surface area contributed by atoms with Gasteiger partial charge < -0.3 is 50.1 Å². The van der Waals surface area contributed by atoms with Crippen LogP contribution in [0, 0.1) is 0 Å². The zero-order valence-corrected chi connectivity index (χ0v) is 39.3. The van der Waals surface area contributed by atoms with Gasteiger partial charge in [0.05, 0.1) is 52.9 Å². The van der Waals surface area contributed by atoms with Gasteiger partial charge in [-0.25, -0.2) is 4.79 Å². The zero-order chi connectivity index (χ0) is 45.5. The Morgan fingerprint density at radius 3 is 1.34 bits per heavy atom. The maximum atomic E-state index is 12.9. The molecular weight excluding hydrogens is 785 g/mol. The summed E-state index contributed by atoms with van der Waals surface area (Å²) in [7, 11) is 0. The summed E-state index contributed by atoms with van der Waals surface area (Å²) in [5.41, 5.74) is 4.27. The standard InChI is InChI=1S/C46H88N4O11/c1-45(2,3)60-43(54)25-20-18-16-14-12-10-8-7-9-11-13-15-17-19-24-42(53)50-39(44(55)61-46(4,5)6)23-21-22-29-48-40(51)26-31-57-36-38-59-34-30-49-41(52)27-32-56-35-37-58-33-28-47/h39H,7-38,47H2,1-6H3,(H,48,51)(H,49,52)(H,50,53). The maximum absolute atomic E-state index is 12.9. The molecule has 0 aliphatic carbocycles. The summed E-state index contributed by atoms with van der Waals surface area (Å²) < 4.78 is 32.4. The second kappa shape index (κ2) is 38.8. The van der Waals surface area contributed by atoms with Gasteiger partial charge in [-0.1, -0.05) is 77.0 Å². The molecule has 0 fully saturated rings. The van der Waals surface area contributed by atoms with Crippen LogP contribution in [0.4, 0.5) is 0 Å². The quantitative estimate of drug-likeness (QED) is 0.0379. The molecule has 15 nitrogen and oxygen atoms in total. The number of carbonyl (C=O) groups excluding carboxylic acids is 5. The lowest BCUT2D eigenvalue weighted by Crippen LogP contribution is -2.44. The molecule has 0 heterocycles. The first-order valence-electron chi connectivity index (χ1n) is 23.4. The topological polar surface area (TPSA) is 203 Å². The van der Waals surface area contributed by atoms with Crippen molar-refractivity contribution in [3.8, 4) is 0 Å². The van der Waals surface area contributed by atoms with E-state index in [1.165, 1.54) is 57.8 Å². The van der Waals surface area contributed by atoms with Gasteiger partial charge in [0.2, 0.25) is 17.7 Å². The largest absolute Gasteiger partial charge is 0.460 e. The molecule has 0 aliphatic rings. The molecule has 61 heavy (non-hydrogen) atoms. The number of nitrogens with one attached hydrogen (secondary N) is 3. The van der Waals surface area contributed by atoms with Gasteiger partial charge >= 0.3 is 11.9 Å². The summed E-state index contributed by atoms with van der Waals surface area (Å²) in [5, 5.41) is 8.54. The second-order valence-electron chi connectivity index (χ2n) is 17.6. The second-order valence-corrected chi connectivity index (χ2v) is 17.6. The van der Waals surface area contributed by atoms with Crippen molar-refractivity contribution < 1.29 is 52.4 Å².